The first kappa shape index (κ1) is 27.6. The van der Waals surface area contributed by atoms with Gasteiger partial charge >= 0.3 is 0 Å². The second-order valence-electron chi connectivity index (χ2n) is 7.28. The van der Waals surface area contributed by atoms with Gasteiger partial charge in [0.05, 0.1) is 28.6 Å². The van der Waals surface area contributed by atoms with Crippen molar-refractivity contribution in [3.05, 3.63) is 85.8 Å². The van der Waals surface area contributed by atoms with E-state index in [1.807, 2.05) is 6.92 Å². The highest BCUT2D eigenvalue weighted by Crippen LogP contribution is 2.31. The zero-order valence-electron chi connectivity index (χ0n) is 19.0. The predicted octanol–water partition coefficient (Wildman–Crippen LogP) is 6.76. The molecule has 0 spiro atoms. The van der Waals surface area contributed by atoms with Crippen LogP contribution in [0.1, 0.15) is 24.5 Å². The maximum atomic E-state index is 12.1. The highest BCUT2D eigenvalue weighted by Gasteiger charge is 2.12. The van der Waals surface area contributed by atoms with Gasteiger partial charge in [-0.15, -0.1) is 0 Å². The Labute approximate surface area is 228 Å². The zero-order valence-corrected chi connectivity index (χ0v) is 22.0. The summed E-state index contributed by atoms with van der Waals surface area (Å²) in [4.78, 5) is 24.2. The van der Waals surface area contributed by atoms with Crippen LogP contribution in [-0.2, 0) is 16.2 Å². The Morgan fingerprint density at radius 3 is 2.47 bits per heavy atom. The molecule has 0 unspecified atom stereocenters. The Kier molecular flexibility index (Phi) is 10.3. The van der Waals surface area contributed by atoms with Gasteiger partial charge in [-0.1, -0.05) is 58.5 Å². The summed E-state index contributed by atoms with van der Waals surface area (Å²) in [6.07, 6.45) is 0.969. The van der Waals surface area contributed by atoms with Gasteiger partial charge in [0.15, 0.2) is 11.5 Å². The Hall–Kier alpha value is -2.97. The predicted molar refractivity (Wildman–Crippen MR) is 144 cm³/mol. The number of nitrogens with one attached hydrogen (secondary N) is 2. The molecule has 0 aliphatic heterocycles. The van der Waals surface area contributed by atoms with Gasteiger partial charge in [-0.3, -0.25) is 9.59 Å². The fraction of sp³-hybridized carbons (Fsp3) is 0.160. The minimum absolute atomic E-state index is 0.194. The number of hydrogen-bond donors (Lipinski definition) is 2. The van der Waals surface area contributed by atoms with E-state index in [1.165, 1.54) is 6.21 Å². The Bertz CT molecular complexity index is 1280. The number of nitrogens with zero attached hydrogens (tertiary/aromatic N) is 1. The fourth-order valence-electron chi connectivity index (χ4n) is 2.95. The molecule has 0 aliphatic carbocycles. The summed E-state index contributed by atoms with van der Waals surface area (Å²) in [6, 6.07) is 15.2. The summed E-state index contributed by atoms with van der Waals surface area (Å²) >= 11 is 24.1. The third-order valence-electron chi connectivity index (χ3n) is 4.62. The Morgan fingerprint density at radius 2 is 1.72 bits per heavy atom. The Morgan fingerprint density at radius 1 is 0.917 bits per heavy atom. The number of halogens is 4. The molecule has 7 nitrogen and oxygen atoms in total. The minimum Gasteiger partial charge on any atom is -0.490 e. The number of hydrazone groups is 1. The SMILES string of the molecule is CCOc1cc(C=NNC(=O)CC(=O)Nc2cccc(Cl)c2Cl)ccc1OCc1ccc(Cl)cc1Cl. The van der Waals surface area contributed by atoms with Crippen LogP contribution in [0.4, 0.5) is 5.69 Å². The van der Waals surface area contributed by atoms with Crippen molar-refractivity contribution in [2.24, 2.45) is 5.10 Å². The number of carbonyl (C=O) groups excluding carboxylic acids is 2. The van der Waals surface area contributed by atoms with E-state index in [4.69, 9.17) is 55.9 Å². The number of ether oxygens (including phenoxy) is 2. The van der Waals surface area contributed by atoms with Gasteiger partial charge in [0, 0.05) is 15.6 Å². The van der Waals surface area contributed by atoms with Crippen LogP contribution in [0.25, 0.3) is 0 Å². The van der Waals surface area contributed by atoms with E-state index in [0.717, 1.165) is 5.56 Å². The third kappa shape index (κ3) is 8.03. The molecular weight excluding hydrogens is 548 g/mol. The van der Waals surface area contributed by atoms with Crippen LogP contribution in [0, 0.1) is 0 Å². The van der Waals surface area contributed by atoms with Crippen LogP contribution in [0.3, 0.4) is 0 Å². The molecule has 11 heteroatoms. The van der Waals surface area contributed by atoms with E-state index in [9.17, 15) is 9.59 Å². The van der Waals surface area contributed by atoms with Gasteiger partial charge < -0.3 is 14.8 Å². The average Bonchev–Trinajstić information content (AvgIpc) is 2.82. The molecule has 3 aromatic rings. The Balaban J connectivity index is 1.57. The average molecular weight is 569 g/mol. The topological polar surface area (TPSA) is 89.0 Å². The standard InChI is InChI=1S/C25H21Cl4N3O4/c1-2-35-22-10-15(6-9-21(22)36-14-16-7-8-17(26)11-19(16)28)13-30-32-24(34)12-23(33)31-20-5-3-4-18(27)25(20)29/h3-11,13H,2,12,14H2,1H3,(H,31,33)(H,32,34). The lowest BCUT2D eigenvalue weighted by atomic mass is 10.2. The molecule has 3 aromatic carbocycles. The molecule has 0 saturated carbocycles. The summed E-state index contributed by atoms with van der Waals surface area (Å²) in [6.45, 7) is 2.49. The van der Waals surface area contributed by atoms with Crippen LogP contribution in [0.2, 0.25) is 20.1 Å². The number of benzene rings is 3. The smallest absolute Gasteiger partial charge is 0.249 e. The molecule has 188 valence electrons. The molecule has 2 N–H and O–H groups in total. The number of anilines is 1. The molecule has 0 aromatic heterocycles. The first-order chi connectivity index (χ1) is 17.3. The highest BCUT2D eigenvalue weighted by atomic mass is 35.5. The molecule has 0 atom stereocenters. The summed E-state index contributed by atoms with van der Waals surface area (Å²) in [5.74, 6) is -0.157. The molecule has 2 amide bonds. The van der Waals surface area contributed by atoms with Crippen molar-refractivity contribution < 1.29 is 19.1 Å². The van der Waals surface area contributed by atoms with Crippen molar-refractivity contribution in [1.82, 2.24) is 5.43 Å². The van der Waals surface area contributed by atoms with Crippen LogP contribution in [0.5, 0.6) is 11.5 Å². The molecular formula is C25H21Cl4N3O4. The molecule has 36 heavy (non-hydrogen) atoms. The maximum absolute atomic E-state index is 12.1. The van der Waals surface area contributed by atoms with Crippen molar-refractivity contribution in [3.63, 3.8) is 0 Å². The summed E-state index contributed by atoms with van der Waals surface area (Å²) < 4.78 is 11.5. The monoisotopic (exact) mass is 567 g/mol. The van der Waals surface area contributed by atoms with E-state index in [1.54, 1.807) is 54.6 Å². The van der Waals surface area contributed by atoms with E-state index in [-0.39, 0.29) is 11.6 Å². The van der Waals surface area contributed by atoms with Crippen molar-refractivity contribution in [2.45, 2.75) is 20.0 Å². The van der Waals surface area contributed by atoms with Gasteiger partial charge in [0.1, 0.15) is 13.0 Å². The van der Waals surface area contributed by atoms with Crippen LogP contribution < -0.4 is 20.2 Å². The number of rotatable bonds is 10. The summed E-state index contributed by atoms with van der Waals surface area (Å²) in [5, 5.41) is 7.97. The second kappa shape index (κ2) is 13.4. The van der Waals surface area contributed by atoms with Crippen molar-refractivity contribution >= 4 is 70.1 Å². The summed E-state index contributed by atoms with van der Waals surface area (Å²) in [5.41, 5.74) is 4.05. The van der Waals surface area contributed by atoms with Gasteiger partial charge in [0.25, 0.3) is 0 Å². The summed E-state index contributed by atoms with van der Waals surface area (Å²) in [7, 11) is 0. The second-order valence-corrected chi connectivity index (χ2v) is 8.91. The lowest BCUT2D eigenvalue weighted by Gasteiger charge is -2.13. The quantitative estimate of drug-likeness (QED) is 0.161. The van der Waals surface area contributed by atoms with Crippen molar-refractivity contribution in [1.29, 1.82) is 0 Å². The van der Waals surface area contributed by atoms with E-state index < -0.39 is 18.2 Å². The van der Waals surface area contributed by atoms with Gasteiger partial charge in [-0.2, -0.15) is 5.10 Å². The molecule has 0 radical (unpaired) electrons. The first-order valence-corrected chi connectivity index (χ1v) is 12.2. The van der Waals surface area contributed by atoms with Crippen LogP contribution >= 0.6 is 46.4 Å². The molecule has 0 aliphatic rings. The highest BCUT2D eigenvalue weighted by molar-refractivity contribution is 6.44. The van der Waals surface area contributed by atoms with E-state index >= 15 is 0 Å². The lowest BCUT2D eigenvalue weighted by molar-refractivity contribution is -0.126. The van der Waals surface area contributed by atoms with E-state index in [2.05, 4.69) is 15.8 Å². The normalized spacial score (nSPS) is 10.8. The van der Waals surface area contributed by atoms with Crippen molar-refractivity contribution in [3.8, 4) is 11.5 Å². The third-order valence-corrected chi connectivity index (χ3v) is 6.02. The van der Waals surface area contributed by atoms with Gasteiger partial charge in [0.2, 0.25) is 11.8 Å². The fourth-order valence-corrected chi connectivity index (χ4v) is 3.76. The number of hydrogen-bond acceptors (Lipinski definition) is 5. The molecule has 3 rings (SSSR count). The molecule has 0 bridgehead atoms. The van der Waals surface area contributed by atoms with E-state index in [0.29, 0.717) is 44.4 Å². The van der Waals surface area contributed by atoms with Crippen LogP contribution in [-0.4, -0.2) is 24.6 Å². The minimum atomic E-state index is -0.605. The lowest BCUT2D eigenvalue weighted by Crippen LogP contribution is -2.24. The first-order valence-electron chi connectivity index (χ1n) is 10.7. The van der Waals surface area contributed by atoms with Gasteiger partial charge in [-0.25, -0.2) is 5.43 Å². The molecule has 0 fully saturated rings. The number of amides is 2. The molecule has 0 heterocycles. The molecule has 0 saturated heterocycles. The maximum Gasteiger partial charge on any atom is 0.249 e. The van der Waals surface area contributed by atoms with Crippen molar-refractivity contribution in [2.75, 3.05) is 11.9 Å². The zero-order chi connectivity index (χ0) is 26.1. The van der Waals surface area contributed by atoms with Crippen LogP contribution in [0.15, 0.2) is 59.7 Å². The van der Waals surface area contributed by atoms with Gasteiger partial charge in [-0.05, 0) is 55.0 Å². The number of carbonyl (C=O) groups is 2. The largest absolute Gasteiger partial charge is 0.490 e.